The van der Waals surface area contributed by atoms with Gasteiger partial charge < -0.3 is 4.74 Å². The molecule has 1 aromatic heterocycles. The van der Waals surface area contributed by atoms with Crippen molar-refractivity contribution >= 4 is 25.7 Å². The van der Waals surface area contributed by atoms with Crippen molar-refractivity contribution in [2.24, 2.45) is 0 Å². The quantitative estimate of drug-likeness (QED) is 0.833. The number of nitrogens with one attached hydrogen (secondary N) is 1. The second-order valence-corrected chi connectivity index (χ2v) is 9.86. The maximum absolute atomic E-state index is 12.6. The first kappa shape index (κ1) is 17.7. The van der Waals surface area contributed by atoms with Crippen LogP contribution in [0.1, 0.15) is 18.2 Å². The van der Waals surface area contributed by atoms with Gasteiger partial charge in [0.05, 0.1) is 35.2 Å². The van der Waals surface area contributed by atoms with Crippen molar-refractivity contribution in [1.29, 1.82) is 0 Å². The number of ether oxygens (including phenoxy) is 1. The zero-order valence-electron chi connectivity index (χ0n) is 13.8. The van der Waals surface area contributed by atoms with Crippen LogP contribution in [-0.4, -0.2) is 45.2 Å². The molecule has 1 fully saturated rings. The van der Waals surface area contributed by atoms with Gasteiger partial charge in [0.2, 0.25) is 0 Å². The van der Waals surface area contributed by atoms with Gasteiger partial charge in [0.25, 0.3) is 10.0 Å². The smallest absolute Gasteiger partial charge is 0.263 e. The van der Waals surface area contributed by atoms with Crippen molar-refractivity contribution in [1.82, 2.24) is 9.78 Å². The predicted molar refractivity (Wildman–Crippen MR) is 93.1 cm³/mol. The lowest BCUT2D eigenvalue weighted by molar-refractivity contribution is 0.414. The summed E-state index contributed by atoms with van der Waals surface area (Å²) < 4.78 is 57.6. The fraction of sp³-hybridized carbons (Fsp3) is 0.400. The topological polar surface area (TPSA) is 107 Å². The lowest BCUT2D eigenvalue weighted by atomic mass is 10.3. The molecule has 25 heavy (non-hydrogen) atoms. The average Bonchev–Trinajstić information content (AvgIpc) is 3.08. The molecule has 136 valence electrons. The van der Waals surface area contributed by atoms with Gasteiger partial charge in [0.1, 0.15) is 11.6 Å². The SMILES string of the molecule is COc1ccc(S(=O)(=O)Nc2cc(C)nn2[C@@H]2CCS(=O)(=O)C2)cc1. The van der Waals surface area contributed by atoms with Crippen LogP contribution in [0.3, 0.4) is 0 Å². The molecule has 0 radical (unpaired) electrons. The normalized spacial score (nSPS) is 19.7. The summed E-state index contributed by atoms with van der Waals surface area (Å²) in [5, 5.41) is 4.27. The number of nitrogens with zero attached hydrogens (tertiary/aromatic N) is 2. The van der Waals surface area contributed by atoms with Crippen molar-refractivity contribution in [3.8, 4) is 5.75 Å². The number of anilines is 1. The van der Waals surface area contributed by atoms with E-state index in [9.17, 15) is 16.8 Å². The molecular weight excluding hydrogens is 366 g/mol. The Bertz CT molecular complexity index is 979. The number of rotatable bonds is 5. The van der Waals surface area contributed by atoms with E-state index < -0.39 is 19.9 Å². The van der Waals surface area contributed by atoms with Gasteiger partial charge in [-0.05, 0) is 37.6 Å². The van der Waals surface area contributed by atoms with E-state index in [1.807, 2.05) is 0 Å². The molecule has 8 nitrogen and oxygen atoms in total. The number of benzene rings is 1. The molecule has 1 saturated heterocycles. The van der Waals surface area contributed by atoms with Crippen LogP contribution in [-0.2, 0) is 19.9 Å². The second-order valence-electron chi connectivity index (χ2n) is 5.95. The van der Waals surface area contributed by atoms with Gasteiger partial charge >= 0.3 is 0 Å². The predicted octanol–water partition coefficient (Wildman–Crippen LogP) is 1.36. The zero-order valence-corrected chi connectivity index (χ0v) is 15.5. The van der Waals surface area contributed by atoms with Crippen LogP contribution in [0, 0.1) is 6.92 Å². The van der Waals surface area contributed by atoms with Crippen molar-refractivity contribution in [3.63, 3.8) is 0 Å². The third-order valence-electron chi connectivity index (χ3n) is 4.02. The van der Waals surface area contributed by atoms with Crippen LogP contribution >= 0.6 is 0 Å². The summed E-state index contributed by atoms with van der Waals surface area (Å²) in [4.78, 5) is 0.0812. The fourth-order valence-corrected chi connectivity index (χ4v) is 5.52. The molecule has 0 amide bonds. The Labute approximate surface area is 146 Å². The highest BCUT2D eigenvalue weighted by molar-refractivity contribution is 7.92. The molecular formula is C15H19N3O5S2. The number of hydrogen-bond acceptors (Lipinski definition) is 6. The largest absolute Gasteiger partial charge is 0.497 e. The first-order chi connectivity index (χ1) is 11.7. The van der Waals surface area contributed by atoms with Crippen LogP contribution < -0.4 is 9.46 Å². The summed E-state index contributed by atoms with van der Waals surface area (Å²) in [7, 11) is -5.43. The van der Waals surface area contributed by atoms with Gasteiger partial charge in [0.15, 0.2) is 9.84 Å². The molecule has 0 bridgehead atoms. The molecule has 1 atom stereocenters. The van der Waals surface area contributed by atoms with Gasteiger partial charge in [0, 0.05) is 6.07 Å². The molecule has 0 saturated carbocycles. The Morgan fingerprint density at radius 2 is 1.96 bits per heavy atom. The van der Waals surface area contributed by atoms with E-state index in [0.717, 1.165) is 0 Å². The van der Waals surface area contributed by atoms with Gasteiger partial charge in [-0.2, -0.15) is 5.10 Å². The number of hydrogen-bond donors (Lipinski definition) is 1. The van der Waals surface area contributed by atoms with Crippen LogP contribution in [0.15, 0.2) is 35.2 Å². The standard InChI is InChI=1S/C15H19N3O5S2/c1-11-9-15(18(16-11)12-7-8-24(19,20)10-12)17-25(21,22)14-5-3-13(23-2)4-6-14/h3-6,9,12,17H,7-8,10H2,1-2H3/t12-/m1/s1. The average molecular weight is 385 g/mol. The van der Waals surface area contributed by atoms with Gasteiger partial charge in [-0.3, -0.25) is 4.72 Å². The molecule has 1 aliphatic heterocycles. The zero-order chi connectivity index (χ0) is 18.2. The lowest BCUT2D eigenvalue weighted by Crippen LogP contribution is -2.20. The molecule has 2 aromatic rings. The number of sulfonamides is 1. The first-order valence-electron chi connectivity index (χ1n) is 7.64. The van der Waals surface area contributed by atoms with E-state index in [1.165, 1.54) is 23.9 Å². The summed E-state index contributed by atoms with van der Waals surface area (Å²) >= 11 is 0. The molecule has 3 rings (SSSR count). The summed E-state index contributed by atoms with van der Waals surface area (Å²) in [6.07, 6.45) is 0.417. The minimum atomic E-state index is -3.82. The van der Waals surface area contributed by atoms with Crippen LogP contribution in [0.25, 0.3) is 0 Å². The number of aryl methyl sites for hydroxylation is 1. The second kappa shape index (κ2) is 6.34. The minimum Gasteiger partial charge on any atom is -0.497 e. The Kier molecular flexibility index (Phi) is 4.50. The van der Waals surface area contributed by atoms with Gasteiger partial charge in [-0.15, -0.1) is 0 Å². The molecule has 1 aromatic carbocycles. The van der Waals surface area contributed by atoms with E-state index in [0.29, 0.717) is 17.9 Å². The highest BCUT2D eigenvalue weighted by Crippen LogP contribution is 2.28. The summed E-state index contributed by atoms with van der Waals surface area (Å²) in [6.45, 7) is 1.73. The minimum absolute atomic E-state index is 0.0363. The third-order valence-corrected chi connectivity index (χ3v) is 7.14. The summed E-state index contributed by atoms with van der Waals surface area (Å²) in [5.41, 5.74) is 0.608. The Balaban J connectivity index is 1.89. The first-order valence-corrected chi connectivity index (χ1v) is 10.9. The monoisotopic (exact) mass is 385 g/mol. The molecule has 0 spiro atoms. The van der Waals surface area contributed by atoms with E-state index >= 15 is 0 Å². The highest BCUT2D eigenvalue weighted by atomic mass is 32.2. The van der Waals surface area contributed by atoms with Crippen LogP contribution in [0.2, 0.25) is 0 Å². The maximum Gasteiger partial charge on any atom is 0.263 e. The highest BCUT2D eigenvalue weighted by Gasteiger charge is 2.32. The lowest BCUT2D eigenvalue weighted by Gasteiger charge is -2.14. The van der Waals surface area contributed by atoms with Crippen molar-refractivity contribution in [3.05, 3.63) is 36.0 Å². The number of sulfone groups is 1. The molecule has 10 heteroatoms. The fourth-order valence-electron chi connectivity index (χ4n) is 2.79. The van der Waals surface area contributed by atoms with E-state index in [1.54, 1.807) is 25.1 Å². The molecule has 2 heterocycles. The van der Waals surface area contributed by atoms with Crippen LogP contribution in [0.4, 0.5) is 5.82 Å². The van der Waals surface area contributed by atoms with Gasteiger partial charge in [-0.1, -0.05) is 0 Å². The van der Waals surface area contributed by atoms with Gasteiger partial charge in [-0.25, -0.2) is 21.5 Å². The molecule has 0 aliphatic carbocycles. The molecule has 0 unspecified atom stereocenters. The Morgan fingerprint density at radius 1 is 1.28 bits per heavy atom. The van der Waals surface area contributed by atoms with Crippen LogP contribution in [0.5, 0.6) is 5.75 Å². The Morgan fingerprint density at radius 3 is 2.52 bits per heavy atom. The summed E-state index contributed by atoms with van der Waals surface area (Å²) in [6, 6.07) is 7.21. The number of methoxy groups -OCH3 is 1. The van der Waals surface area contributed by atoms with E-state index in [-0.39, 0.29) is 28.3 Å². The van der Waals surface area contributed by atoms with E-state index in [2.05, 4.69) is 9.82 Å². The third kappa shape index (κ3) is 3.79. The van der Waals surface area contributed by atoms with Crippen molar-refractivity contribution < 1.29 is 21.6 Å². The number of aromatic nitrogens is 2. The Hall–Kier alpha value is -2.07. The van der Waals surface area contributed by atoms with E-state index in [4.69, 9.17) is 4.74 Å². The molecule has 1 N–H and O–H groups in total. The van der Waals surface area contributed by atoms with Crippen molar-refractivity contribution in [2.75, 3.05) is 23.3 Å². The maximum atomic E-state index is 12.6. The molecule has 1 aliphatic rings. The summed E-state index contributed by atoms with van der Waals surface area (Å²) in [5.74, 6) is 0.860. The van der Waals surface area contributed by atoms with Crippen molar-refractivity contribution in [2.45, 2.75) is 24.3 Å².